The first-order chi connectivity index (χ1) is 9.16. The number of carbonyl (C=O) groups excluding carboxylic acids is 1. The lowest BCUT2D eigenvalue weighted by molar-refractivity contribution is 0.0878. The van der Waals surface area contributed by atoms with Gasteiger partial charge in [0.05, 0.1) is 0 Å². The molecule has 1 nitrogen and oxygen atoms in total. The number of carbonyl (C=O) groups is 1. The van der Waals surface area contributed by atoms with Crippen molar-refractivity contribution in [1.82, 2.24) is 0 Å². The maximum atomic E-state index is 12.7. The van der Waals surface area contributed by atoms with E-state index in [9.17, 15) is 4.79 Å². The zero-order valence-electron chi connectivity index (χ0n) is 11.0. The number of Topliss-reactive ketones (excluding diaryl/α,β-unsaturated/α-hetero) is 1. The van der Waals surface area contributed by atoms with Crippen molar-refractivity contribution in [1.29, 1.82) is 0 Å². The van der Waals surface area contributed by atoms with Crippen LogP contribution >= 0.6 is 27.3 Å². The van der Waals surface area contributed by atoms with Crippen LogP contribution < -0.4 is 0 Å². The first kappa shape index (κ1) is 13.3. The molecule has 2 aromatic rings. The summed E-state index contributed by atoms with van der Waals surface area (Å²) in [5.41, 5.74) is 0.931. The second-order valence-electron chi connectivity index (χ2n) is 5.59. The van der Waals surface area contributed by atoms with Crippen LogP contribution in [0, 0.1) is 11.8 Å². The lowest BCUT2D eigenvalue weighted by Gasteiger charge is -2.24. The van der Waals surface area contributed by atoms with Gasteiger partial charge in [-0.2, -0.15) is 0 Å². The molecular weight excluding hydrogens is 320 g/mol. The fourth-order valence-corrected chi connectivity index (χ4v) is 4.57. The summed E-state index contributed by atoms with van der Waals surface area (Å²) in [7, 11) is 0. The zero-order valence-corrected chi connectivity index (χ0v) is 13.4. The van der Waals surface area contributed by atoms with Crippen LogP contribution in [0.3, 0.4) is 0 Å². The van der Waals surface area contributed by atoms with Crippen molar-refractivity contribution >= 4 is 43.1 Å². The first-order valence-electron chi connectivity index (χ1n) is 6.86. The summed E-state index contributed by atoms with van der Waals surface area (Å²) < 4.78 is 2.28. The van der Waals surface area contributed by atoms with Crippen LogP contribution in [0.1, 0.15) is 43.0 Å². The standard InChI is InChI=1S/C16H17BrOS/c1-10-5-7-11(8-6-10)15(18)13-9-19-16-12(13)3-2-4-14(16)17/h2-4,9-11H,5-8H2,1H3. The molecule has 1 aliphatic carbocycles. The van der Waals surface area contributed by atoms with Gasteiger partial charge in [-0.15, -0.1) is 11.3 Å². The van der Waals surface area contributed by atoms with Crippen molar-refractivity contribution in [3.8, 4) is 0 Å². The van der Waals surface area contributed by atoms with E-state index >= 15 is 0 Å². The second-order valence-corrected chi connectivity index (χ2v) is 7.32. The molecule has 0 bridgehead atoms. The van der Waals surface area contributed by atoms with Crippen LogP contribution in [0.2, 0.25) is 0 Å². The van der Waals surface area contributed by atoms with Gasteiger partial charge in [0.1, 0.15) is 0 Å². The van der Waals surface area contributed by atoms with Crippen molar-refractivity contribution in [3.63, 3.8) is 0 Å². The van der Waals surface area contributed by atoms with Crippen LogP contribution in [0.15, 0.2) is 28.1 Å². The van der Waals surface area contributed by atoms with Crippen molar-refractivity contribution in [2.24, 2.45) is 11.8 Å². The molecule has 3 heteroatoms. The number of benzene rings is 1. The number of rotatable bonds is 2. The van der Waals surface area contributed by atoms with Gasteiger partial charge in [-0.3, -0.25) is 4.79 Å². The Kier molecular flexibility index (Phi) is 3.77. The molecular formula is C16H17BrOS. The third kappa shape index (κ3) is 2.50. The predicted molar refractivity (Wildman–Crippen MR) is 85.0 cm³/mol. The fraction of sp³-hybridized carbons (Fsp3) is 0.438. The molecule has 0 spiro atoms. The number of thiophene rings is 1. The largest absolute Gasteiger partial charge is 0.294 e. The van der Waals surface area contributed by atoms with Crippen molar-refractivity contribution < 1.29 is 4.79 Å². The lowest BCUT2D eigenvalue weighted by atomic mass is 9.79. The monoisotopic (exact) mass is 336 g/mol. The third-order valence-electron chi connectivity index (χ3n) is 4.20. The normalized spacial score (nSPS) is 23.7. The van der Waals surface area contributed by atoms with E-state index in [0.717, 1.165) is 34.2 Å². The summed E-state index contributed by atoms with van der Waals surface area (Å²) in [5.74, 6) is 1.39. The molecule has 19 heavy (non-hydrogen) atoms. The van der Waals surface area contributed by atoms with Crippen LogP contribution in [0.25, 0.3) is 10.1 Å². The van der Waals surface area contributed by atoms with E-state index in [2.05, 4.69) is 28.9 Å². The van der Waals surface area contributed by atoms with Gasteiger partial charge in [0.15, 0.2) is 5.78 Å². The Hall–Kier alpha value is -0.670. The molecule has 0 unspecified atom stereocenters. The topological polar surface area (TPSA) is 17.1 Å². The second kappa shape index (κ2) is 5.37. The Morgan fingerprint density at radius 3 is 2.74 bits per heavy atom. The van der Waals surface area contributed by atoms with Gasteiger partial charge in [0.2, 0.25) is 0 Å². The van der Waals surface area contributed by atoms with Crippen LogP contribution in [-0.2, 0) is 0 Å². The number of hydrogen-bond donors (Lipinski definition) is 0. The molecule has 0 radical (unpaired) electrons. The van der Waals surface area contributed by atoms with E-state index in [4.69, 9.17) is 0 Å². The maximum Gasteiger partial charge on any atom is 0.167 e. The van der Waals surface area contributed by atoms with Crippen molar-refractivity contribution in [2.45, 2.75) is 32.6 Å². The molecule has 1 aromatic heterocycles. The highest BCUT2D eigenvalue weighted by Crippen LogP contribution is 2.36. The smallest absolute Gasteiger partial charge is 0.167 e. The Bertz CT molecular complexity index is 608. The summed E-state index contributed by atoms with van der Waals surface area (Å²) in [6.07, 6.45) is 4.51. The van der Waals surface area contributed by atoms with Crippen LogP contribution in [0.5, 0.6) is 0 Å². The molecule has 1 aromatic carbocycles. The summed E-state index contributed by atoms with van der Waals surface area (Å²) >= 11 is 5.23. The van der Waals surface area contributed by atoms with Crippen LogP contribution in [0.4, 0.5) is 0 Å². The summed E-state index contributed by atoms with van der Waals surface area (Å²) in [6, 6.07) is 6.11. The van der Waals surface area contributed by atoms with Gasteiger partial charge >= 0.3 is 0 Å². The maximum absolute atomic E-state index is 12.7. The van der Waals surface area contributed by atoms with Gasteiger partial charge in [0, 0.05) is 31.4 Å². The number of ketones is 1. The summed E-state index contributed by atoms with van der Waals surface area (Å²) in [4.78, 5) is 12.7. The van der Waals surface area contributed by atoms with E-state index in [1.165, 1.54) is 17.5 Å². The summed E-state index contributed by atoms with van der Waals surface area (Å²) in [5, 5.41) is 3.15. The van der Waals surface area contributed by atoms with E-state index in [1.54, 1.807) is 11.3 Å². The van der Waals surface area contributed by atoms with E-state index < -0.39 is 0 Å². The molecule has 0 aliphatic heterocycles. The molecule has 0 saturated heterocycles. The number of hydrogen-bond acceptors (Lipinski definition) is 2. The van der Waals surface area contributed by atoms with E-state index in [-0.39, 0.29) is 5.92 Å². The molecule has 3 rings (SSSR count). The molecule has 0 N–H and O–H groups in total. The van der Waals surface area contributed by atoms with Crippen LogP contribution in [-0.4, -0.2) is 5.78 Å². The lowest BCUT2D eigenvalue weighted by Crippen LogP contribution is -2.20. The van der Waals surface area contributed by atoms with Gasteiger partial charge in [-0.25, -0.2) is 0 Å². The Balaban J connectivity index is 1.92. The average Bonchev–Trinajstić information content (AvgIpc) is 2.84. The molecule has 0 atom stereocenters. The Morgan fingerprint density at radius 2 is 2.00 bits per heavy atom. The Labute approximate surface area is 126 Å². The summed E-state index contributed by atoms with van der Waals surface area (Å²) in [6.45, 7) is 2.29. The predicted octanol–water partition coefficient (Wildman–Crippen LogP) is 5.67. The minimum Gasteiger partial charge on any atom is -0.294 e. The molecule has 1 saturated carbocycles. The highest BCUT2D eigenvalue weighted by molar-refractivity contribution is 9.10. The first-order valence-corrected chi connectivity index (χ1v) is 8.54. The SMILES string of the molecule is CC1CCC(C(=O)c2csc3c(Br)cccc23)CC1. The quantitative estimate of drug-likeness (QED) is 0.645. The Morgan fingerprint density at radius 1 is 1.26 bits per heavy atom. The highest BCUT2D eigenvalue weighted by atomic mass is 79.9. The minimum absolute atomic E-state index is 0.244. The molecule has 1 fully saturated rings. The molecule has 1 heterocycles. The molecule has 100 valence electrons. The molecule has 0 amide bonds. The number of halogens is 1. The van der Waals surface area contributed by atoms with Gasteiger partial charge in [-0.1, -0.05) is 31.9 Å². The van der Waals surface area contributed by atoms with Gasteiger partial charge in [0.25, 0.3) is 0 Å². The third-order valence-corrected chi connectivity index (χ3v) is 6.16. The minimum atomic E-state index is 0.244. The van der Waals surface area contributed by atoms with E-state index in [0.29, 0.717) is 5.78 Å². The highest BCUT2D eigenvalue weighted by Gasteiger charge is 2.26. The number of fused-ring (bicyclic) bond motifs is 1. The fourth-order valence-electron chi connectivity index (χ4n) is 2.96. The van der Waals surface area contributed by atoms with E-state index in [1.807, 2.05) is 17.5 Å². The van der Waals surface area contributed by atoms with Gasteiger partial charge in [-0.05, 0) is 40.8 Å². The van der Waals surface area contributed by atoms with Crippen molar-refractivity contribution in [3.05, 3.63) is 33.6 Å². The van der Waals surface area contributed by atoms with Crippen molar-refractivity contribution in [2.75, 3.05) is 0 Å². The zero-order chi connectivity index (χ0) is 13.4. The average molecular weight is 337 g/mol. The van der Waals surface area contributed by atoms with Gasteiger partial charge < -0.3 is 0 Å². The molecule has 1 aliphatic rings.